The molecule has 1 radical (unpaired) electrons. The van der Waals surface area contributed by atoms with Crippen molar-refractivity contribution in [2.75, 3.05) is 19.6 Å². The number of hydrogen-bond acceptors (Lipinski definition) is 12. The zero-order chi connectivity index (χ0) is 31.9. The second kappa shape index (κ2) is 24.1. The number of pyridine rings is 4. The monoisotopic (exact) mass is 814 g/mol. The van der Waals surface area contributed by atoms with Gasteiger partial charge in [-0.3, -0.25) is 0 Å². The molecule has 17 heteroatoms. The molecule has 0 fully saturated rings. The largest absolute Gasteiger partial charge is 3.00 e. The van der Waals surface area contributed by atoms with Gasteiger partial charge in [0.2, 0.25) is 0 Å². The number of aromatic carboxylic acids is 4. The summed E-state index contributed by atoms with van der Waals surface area (Å²) in [6.07, 6.45) is 0. The van der Waals surface area contributed by atoms with Crippen molar-refractivity contribution in [3.8, 4) is 22.8 Å². The quantitative estimate of drug-likeness (QED) is 0.167. The fourth-order valence-electron chi connectivity index (χ4n) is 3.51. The van der Waals surface area contributed by atoms with E-state index in [-0.39, 0.29) is 109 Å². The van der Waals surface area contributed by atoms with Crippen LogP contribution in [0.15, 0.2) is 72.8 Å². The van der Waals surface area contributed by atoms with Crippen LogP contribution in [-0.4, -0.2) is 79.9 Å². The van der Waals surface area contributed by atoms with Gasteiger partial charge >= 0.3 is 46.9 Å². The number of carboxylic acids is 4. The topological polar surface area (TPSA) is 311 Å². The zero-order valence-electron chi connectivity index (χ0n) is 25.4. The third-order valence-electron chi connectivity index (χ3n) is 5.86. The Morgan fingerprint density at radius 1 is 0.468 bits per heavy atom. The third kappa shape index (κ3) is 15.3. The maximum Gasteiger partial charge on any atom is 3.00 e. The molecular weight excluding hydrogens is 779 g/mol. The number of nitrogens with one attached hydrogen (secondary N) is 1. The molecule has 4 aromatic rings. The third-order valence-corrected chi connectivity index (χ3v) is 5.86. The Morgan fingerprint density at radius 3 is 0.787 bits per heavy atom. The summed E-state index contributed by atoms with van der Waals surface area (Å²) in [6.45, 7) is 10.5. The normalized spacial score (nSPS) is 9.19. The van der Waals surface area contributed by atoms with Crippen LogP contribution in [0.2, 0.25) is 0 Å². The van der Waals surface area contributed by atoms with Crippen LogP contribution in [-0.2, 0) is 0 Å². The van der Waals surface area contributed by atoms with E-state index in [0.29, 0.717) is 0 Å². The molecule has 0 bridgehead atoms. The summed E-state index contributed by atoms with van der Waals surface area (Å²) in [5, 5.41) is 42.6. The van der Waals surface area contributed by atoms with Crippen molar-refractivity contribution in [3.63, 3.8) is 0 Å². The van der Waals surface area contributed by atoms with Crippen molar-refractivity contribution < 1.29 is 108 Å². The minimum Gasteiger partial charge on any atom is -0.543 e. The molecule has 4 aromatic heterocycles. The van der Waals surface area contributed by atoms with Crippen LogP contribution >= 0.6 is 0 Å². The number of aromatic nitrogens is 4. The van der Waals surface area contributed by atoms with Gasteiger partial charge in [-0.1, -0.05) is 24.3 Å². The average Bonchev–Trinajstić information content (AvgIpc) is 3.02. The number of nitrogens with zero attached hydrogens (tertiary/aromatic N) is 4. The van der Waals surface area contributed by atoms with E-state index in [0.717, 1.165) is 0 Å². The first-order valence-corrected chi connectivity index (χ1v) is 13.1. The molecule has 16 nitrogen and oxygen atoms in total. The van der Waals surface area contributed by atoms with Crippen molar-refractivity contribution in [2.24, 2.45) is 0 Å². The molecule has 259 valence electrons. The fraction of sp³-hybridized carbons (Fsp3) is 0.200. The molecule has 0 aliphatic heterocycles. The summed E-state index contributed by atoms with van der Waals surface area (Å²) in [5.74, 6) is -5.64. The van der Waals surface area contributed by atoms with Gasteiger partial charge in [-0.25, -0.2) is 19.9 Å². The molecule has 4 rings (SSSR count). The first-order valence-electron chi connectivity index (χ1n) is 13.1. The van der Waals surface area contributed by atoms with Crippen molar-refractivity contribution >= 4 is 23.9 Å². The molecule has 0 saturated carbocycles. The van der Waals surface area contributed by atoms with Crippen LogP contribution in [0.25, 0.3) is 22.8 Å². The first-order chi connectivity index (χ1) is 20.5. The van der Waals surface area contributed by atoms with Gasteiger partial charge in [-0.05, 0) is 69.3 Å². The molecule has 0 saturated heterocycles. The molecule has 0 aliphatic carbocycles. The van der Waals surface area contributed by atoms with Crippen LogP contribution in [0.5, 0.6) is 0 Å². The number of carbonyl (C=O) groups is 4. The van der Waals surface area contributed by atoms with Gasteiger partial charge in [0.25, 0.3) is 0 Å². The van der Waals surface area contributed by atoms with E-state index < -0.39 is 23.9 Å². The number of carboxylic acid groups (broad SMARTS) is 4. The van der Waals surface area contributed by atoms with E-state index >= 15 is 0 Å². The van der Waals surface area contributed by atoms with Crippen LogP contribution in [0, 0.1) is 46.9 Å². The van der Waals surface area contributed by atoms with Gasteiger partial charge in [0.05, 0.1) is 89.1 Å². The summed E-state index contributed by atoms with van der Waals surface area (Å²) in [7, 11) is 0. The Balaban J connectivity index is -0.000000643. The summed E-state index contributed by atoms with van der Waals surface area (Å²) < 4.78 is 0. The minimum atomic E-state index is -1.41. The van der Waals surface area contributed by atoms with Crippen molar-refractivity contribution in [1.29, 1.82) is 0 Å². The molecule has 4 heterocycles. The summed E-state index contributed by atoms with van der Waals surface area (Å²) in [5.41, 5.74) is 0.0295. The fourth-order valence-corrected chi connectivity index (χ4v) is 3.51. The van der Waals surface area contributed by atoms with E-state index in [1.165, 1.54) is 92.4 Å². The second-order valence-corrected chi connectivity index (χ2v) is 8.59. The number of carbonyl (C=O) groups excluding carboxylic acids is 4. The Morgan fingerprint density at radius 2 is 0.660 bits per heavy atom. The van der Waals surface area contributed by atoms with Gasteiger partial charge in [-0.2, -0.15) is 0 Å². The minimum absolute atomic E-state index is 0. The molecule has 0 aliphatic rings. The zero-order valence-corrected chi connectivity index (χ0v) is 27.1. The maximum absolute atomic E-state index is 10.7. The van der Waals surface area contributed by atoms with Crippen LogP contribution in [0.4, 0.5) is 0 Å². The smallest absolute Gasteiger partial charge is 0.543 e. The van der Waals surface area contributed by atoms with E-state index in [1.807, 2.05) is 0 Å². The van der Waals surface area contributed by atoms with E-state index in [9.17, 15) is 39.6 Å². The van der Waals surface area contributed by atoms with Gasteiger partial charge < -0.3 is 60.9 Å². The van der Waals surface area contributed by atoms with E-state index in [1.54, 1.807) is 4.90 Å². The first kappa shape index (κ1) is 47.2. The van der Waals surface area contributed by atoms with E-state index in [4.69, 9.17) is 0 Å². The molecule has 0 spiro atoms. The van der Waals surface area contributed by atoms with E-state index in [2.05, 4.69) is 40.7 Å². The van der Waals surface area contributed by atoms with Crippen LogP contribution < -0.4 is 25.3 Å². The summed E-state index contributed by atoms with van der Waals surface area (Å²) in [4.78, 5) is 59.5. The molecule has 0 amide bonds. The van der Waals surface area contributed by atoms with Gasteiger partial charge in [0.15, 0.2) is 0 Å². The van der Waals surface area contributed by atoms with Crippen LogP contribution in [0.3, 0.4) is 0 Å². The standard InChI is InChI=1S/2C12H8N2O4.C6H15N.3H2O.Yb/c2*15-11(16)9-5-1-3-7(13-9)8-4-2-6-10(14-8)12(17)18;1-4-7(5-2)6-3;;;;/h2*1-6H,(H,15,16)(H,17,18);4-6H2,1-3H3;3*1H2;/q;;;;;;+3/p-3. The molecule has 7 N–H and O–H groups in total. The maximum atomic E-state index is 10.7. The second-order valence-electron chi connectivity index (χ2n) is 8.59. The number of rotatable bonds is 9. The molecular formula is C30H34N5O11Yb. The van der Waals surface area contributed by atoms with Crippen molar-refractivity contribution in [1.82, 2.24) is 19.9 Å². The predicted octanol–water partition coefficient (Wildman–Crippen LogP) is -4.80. The SMILES string of the molecule is CC[NH+](CC)CC.O.O.O.O=C([O-])c1cccc(-c2cccc(C(=O)[O-])n2)n1.O=C([O-])c1cccc(-c2cccc(C(=O)[O-])n2)n1.[Yb+3]. The molecule has 0 aromatic carbocycles. The Kier molecular flexibility index (Phi) is 24.2. The molecule has 47 heavy (non-hydrogen) atoms. The Hall–Kier alpha value is -4.16. The van der Waals surface area contributed by atoms with Crippen LogP contribution in [0.1, 0.15) is 62.7 Å². The number of hydrogen-bond donors (Lipinski definition) is 1. The van der Waals surface area contributed by atoms with Gasteiger partial charge in [-0.15, -0.1) is 0 Å². The van der Waals surface area contributed by atoms with Gasteiger partial charge in [0, 0.05) is 0 Å². The van der Waals surface area contributed by atoms with Crippen molar-refractivity contribution in [2.45, 2.75) is 20.8 Å². The van der Waals surface area contributed by atoms with Gasteiger partial charge in [0.1, 0.15) is 0 Å². The average molecular weight is 814 g/mol. The predicted molar refractivity (Wildman–Crippen MR) is 156 cm³/mol. The summed E-state index contributed by atoms with van der Waals surface area (Å²) >= 11 is 0. The Labute approximate surface area is 308 Å². The Bertz CT molecular complexity index is 1360. The summed E-state index contributed by atoms with van der Waals surface area (Å²) in [6, 6.07) is 17.1. The van der Waals surface area contributed by atoms with Crippen molar-refractivity contribution in [3.05, 3.63) is 95.6 Å². The number of quaternary nitrogens is 1. The molecule has 0 atom stereocenters. The molecule has 0 unspecified atom stereocenters.